The van der Waals surface area contributed by atoms with Gasteiger partial charge in [0.2, 0.25) is 0 Å². The van der Waals surface area contributed by atoms with Gasteiger partial charge in [0.1, 0.15) is 17.5 Å². The van der Waals surface area contributed by atoms with Crippen molar-refractivity contribution in [1.29, 1.82) is 0 Å². The summed E-state index contributed by atoms with van der Waals surface area (Å²) in [5.74, 6) is -1.35. The fraction of sp³-hybridized carbons (Fsp3) is 0.0625. The zero-order chi connectivity index (χ0) is 15.7. The molecule has 0 saturated heterocycles. The molecule has 0 amide bonds. The molecule has 3 aromatic rings. The van der Waals surface area contributed by atoms with E-state index in [9.17, 15) is 14.8 Å². The van der Waals surface area contributed by atoms with Crippen molar-refractivity contribution in [1.82, 2.24) is 4.98 Å². The molecule has 0 saturated carbocycles. The first-order valence-electron chi connectivity index (χ1n) is 6.58. The summed E-state index contributed by atoms with van der Waals surface area (Å²) in [6.45, 7) is 3.37. The molecule has 0 aliphatic carbocycles. The number of carbonyl (C=O) groups is 1. The van der Waals surface area contributed by atoms with Crippen molar-refractivity contribution in [2.45, 2.75) is 0 Å². The predicted molar refractivity (Wildman–Crippen MR) is 81.5 cm³/mol. The summed E-state index contributed by atoms with van der Waals surface area (Å²) < 4.78 is 5.19. The number of fused-ring (bicyclic) bond motifs is 2. The van der Waals surface area contributed by atoms with Crippen LogP contribution in [0, 0.1) is 5.21 Å². The highest BCUT2D eigenvalue weighted by Crippen LogP contribution is 2.18. The van der Waals surface area contributed by atoms with E-state index in [2.05, 4.69) is 11.6 Å². The van der Waals surface area contributed by atoms with Gasteiger partial charge in [-0.15, -0.1) is 0 Å². The maximum atomic E-state index is 12.3. The molecule has 6 heteroatoms. The second kappa shape index (κ2) is 5.33. The number of benzene rings is 2. The maximum Gasteiger partial charge on any atom is 0.422 e. The minimum absolute atomic E-state index is 0.0450. The van der Waals surface area contributed by atoms with Crippen LogP contribution in [0.3, 0.4) is 0 Å². The largest absolute Gasteiger partial charge is 0.710 e. The van der Waals surface area contributed by atoms with Crippen LogP contribution in [0.5, 0.6) is 0 Å². The summed E-state index contributed by atoms with van der Waals surface area (Å²) in [7, 11) is 0. The van der Waals surface area contributed by atoms with E-state index in [1.54, 1.807) is 12.1 Å². The van der Waals surface area contributed by atoms with Gasteiger partial charge < -0.3 is 9.94 Å². The fourth-order valence-electron chi connectivity index (χ4n) is 2.26. The lowest BCUT2D eigenvalue weighted by Gasteiger charge is -2.10. The molecular weight excluding hydrogens is 284 g/mol. The summed E-state index contributed by atoms with van der Waals surface area (Å²) in [5, 5.41) is 14.2. The fourth-order valence-corrected chi connectivity index (χ4v) is 2.26. The summed E-state index contributed by atoms with van der Waals surface area (Å²) in [6, 6.07) is 10.5. The van der Waals surface area contributed by atoms with Crippen molar-refractivity contribution < 1.29 is 14.3 Å². The van der Waals surface area contributed by atoms with Gasteiger partial charge in [-0.3, -0.25) is 0 Å². The first-order chi connectivity index (χ1) is 10.6. The van der Waals surface area contributed by atoms with Gasteiger partial charge in [-0.2, -0.15) is 4.98 Å². The van der Waals surface area contributed by atoms with Gasteiger partial charge in [0, 0.05) is 0 Å². The molecule has 1 N–H and O–H groups in total. The lowest BCUT2D eigenvalue weighted by Crippen LogP contribution is -2.41. The Morgan fingerprint density at radius 3 is 2.68 bits per heavy atom. The van der Waals surface area contributed by atoms with Gasteiger partial charge in [0.15, 0.2) is 0 Å². The van der Waals surface area contributed by atoms with Crippen LogP contribution in [0.2, 0.25) is 0 Å². The van der Waals surface area contributed by atoms with Crippen LogP contribution in [0.4, 0.5) is 0 Å². The molecule has 0 spiro atoms. The molecule has 6 nitrogen and oxygen atoms in total. The second-order valence-corrected chi connectivity index (χ2v) is 4.70. The molecule has 0 aliphatic rings. The van der Waals surface area contributed by atoms with E-state index in [0.29, 0.717) is 4.73 Å². The highest BCUT2D eigenvalue weighted by molar-refractivity contribution is 5.95. The van der Waals surface area contributed by atoms with E-state index < -0.39 is 17.4 Å². The number of rotatable bonds is 3. The van der Waals surface area contributed by atoms with Crippen LogP contribution in [-0.2, 0) is 4.74 Å². The average molecular weight is 296 g/mol. The van der Waals surface area contributed by atoms with E-state index in [4.69, 9.17) is 4.74 Å². The van der Waals surface area contributed by atoms with Gasteiger partial charge >= 0.3 is 17.4 Å². The summed E-state index contributed by atoms with van der Waals surface area (Å²) in [6.07, 6.45) is 1.37. The van der Waals surface area contributed by atoms with Crippen molar-refractivity contribution in [3.63, 3.8) is 0 Å². The van der Waals surface area contributed by atoms with Gasteiger partial charge in [-0.25, -0.2) is 14.3 Å². The number of nitrogens with zero attached hydrogens (tertiary/aromatic N) is 1. The van der Waals surface area contributed by atoms with Crippen LogP contribution in [0.15, 0.2) is 53.8 Å². The number of carbonyl (C=O) groups excluding carboxylic acids is 1. The summed E-state index contributed by atoms with van der Waals surface area (Å²) in [4.78, 5) is 26.2. The van der Waals surface area contributed by atoms with E-state index in [1.807, 2.05) is 24.3 Å². The van der Waals surface area contributed by atoms with E-state index in [0.717, 1.165) is 10.8 Å². The lowest BCUT2D eigenvalue weighted by molar-refractivity contribution is -0.584. The highest BCUT2D eigenvalue weighted by atomic mass is 16.5. The Kier molecular flexibility index (Phi) is 3.34. The molecular formula is C16H12N2O4. The molecule has 0 bridgehead atoms. The molecule has 0 aliphatic heterocycles. The Balaban J connectivity index is 2.27. The summed E-state index contributed by atoms with van der Waals surface area (Å²) >= 11 is 0. The van der Waals surface area contributed by atoms with E-state index in [-0.39, 0.29) is 17.5 Å². The Morgan fingerprint density at radius 1 is 1.32 bits per heavy atom. The molecule has 0 radical (unpaired) electrons. The molecule has 1 heterocycles. The van der Waals surface area contributed by atoms with Crippen LogP contribution in [-0.4, -0.2) is 17.6 Å². The number of aromatic amines is 1. The number of nitrogens with one attached hydrogen (secondary N) is 1. The molecule has 0 unspecified atom stereocenters. The first-order valence-corrected chi connectivity index (χ1v) is 6.58. The topological polar surface area (TPSA) is 86.1 Å². The molecule has 0 atom stereocenters. The van der Waals surface area contributed by atoms with Crippen molar-refractivity contribution in [2.24, 2.45) is 0 Å². The number of ether oxygens (including phenoxy) is 1. The van der Waals surface area contributed by atoms with Gasteiger partial charge in [-0.05, 0) is 22.9 Å². The van der Waals surface area contributed by atoms with Crippen LogP contribution in [0.25, 0.3) is 21.7 Å². The number of aromatic nitrogens is 2. The van der Waals surface area contributed by atoms with Crippen LogP contribution < -0.4 is 10.3 Å². The van der Waals surface area contributed by atoms with E-state index >= 15 is 0 Å². The third kappa shape index (κ3) is 2.20. The van der Waals surface area contributed by atoms with E-state index in [1.165, 1.54) is 6.08 Å². The van der Waals surface area contributed by atoms with Crippen molar-refractivity contribution in [2.75, 3.05) is 6.61 Å². The summed E-state index contributed by atoms with van der Waals surface area (Å²) in [5.41, 5.74) is -0.397. The number of hydrogen-bond acceptors (Lipinski definition) is 4. The smallest absolute Gasteiger partial charge is 0.422 e. The minimum atomic E-state index is -0.901. The third-order valence-corrected chi connectivity index (χ3v) is 3.29. The predicted octanol–water partition coefficient (Wildman–Crippen LogP) is 1.66. The first kappa shape index (κ1) is 13.8. The van der Waals surface area contributed by atoms with Crippen LogP contribution in [0.1, 0.15) is 10.6 Å². The number of esters is 1. The number of hydrogen-bond donors (Lipinski definition) is 1. The zero-order valence-corrected chi connectivity index (χ0v) is 11.5. The minimum Gasteiger partial charge on any atom is -0.710 e. The van der Waals surface area contributed by atoms with Crippen LogP contribution >= 0.6 is 0 Å². The van der Waals surface area contributed by atoms with Crippen molar-refractivity contribution in [3.05, 3.63) is 70.4 Å². The highest BCUT2D eigenvalue weighted by Gasteiger charge is 2.22. The Hall–Kier alpha value is -3.15. The monoisotopic (exact) mass is 296 g/mol. The molecule has 110 valence electrons. The zero-order valence-electron chi connectivity index (χ0n) is 11.5. The molecule has 22 heavy (non-hydrogen) atoms. The van der Waals surface area contributed by atoms with Crippen molar-refractivity contribution in [3.8, 4) is 0 Å². The van der Waals surface area contributed by atoms with Crippen molar-refractivity contribution >= 4 is 27.6 Å². The second-order valence-electron chi connectivity index (χ2n) is 4.70. The molecule has 0 fully saturated rings. The average Bonchev–Trinajstić information content (AvgIpc) is 2.54. The van der Waals surface area contributed by atoms with Gasteiger partial charge in [-0.1, -0.05) is 36.9 Å². The SMILES string of the molecule is C=CCOC(=O)c1[nH]c(=O)c2cc3ccccc3cc2[n+]1[O-]. The molecule has 3 rings (SSSR count). The quantitative estimate of drug-likeness (QED) is 0.262. The number of H-pyrrole nitrogens is 1. The van der Waals surface area contributed by atoms with Gasteiger partial charge in [0.05, 0.1) is 0 Å². The maximum absolute atomic E-state index is 12.3. The normalized spacial score (nSPS) is 10.7. The Bertz CT molecular complexity index is 959. The lowest BCUT2D eigenvalue weighted by atomic mass is 10.1. The standard InChI is InChI=1S/C16H12N2O4/c1-2-7-22-16(20)14-17-15(19)12-8-10-5-3-4-6-11(10)9-13(12)18(14)21/h2-6,8-9H,1,7H2,(H,17,19). The Morgan fingerprint density at radius 2 is 2.00 bits per heavy atom. The third-order valence-electron chi connectivity index (χ3n) is 3.29. The van der Waals surface area contributed by atoms with Gasteiger partial charge in [0.25, 0.3) is 0 Å². The molecule has 2 aromatic carbocycles. The molecule has 1 aromatic heterocycles. The Labute approximate surface area is 124 Å².